The smallest absolute Gasteiger partial charge is 0.151 e. The number of sulfone groups is 1. The van der Waals surface area contributed by atoms with Crippen LogP contribution in [-0.4, -0.2) is 35.5 Å². The summed E-state index contributed by atoms with van der Waals surface area (Å²) in [6.45, 7) is 0. The molecule has 1 saturated heterocycles. The minimum Gasteiger partial charge on any atom is -0.336 e. The van der Waals surface area contributed by atoms with Gasteiger partial charge in [-0.25, -0.2) is 13.4 Å². The molecule has 0 saturated carbocycles. The van der Waals surface area contributed by atoms with Crippen LogP contribution in [0.15, 0.2) is 29.9 Å². The van der Waals surface area contributed by atoms with Crippen LogP contribution in [0.25, 0.3) is 0 Å². The quantitative estimate of drug-likeness (QED) is 0.930. The fourth-order valence-corrected chi connectivity index (χ4v) is 5.21. The Bertz CT molecular complexity index is 692. The third-order valence-electron chi connectivity index (χ3n) is 3.81. The highest BCUT2D eigenvalue weighted by atomic mass is 32.2. The minimum absolute atomic E-state index is 0.00690. The van der Waals surface area contributed by atoms with E-state index in [4.69, 9.17) is 0 Å². The molecule has 0 amide bonds. The number of rotatable bonds is 4. The number of hydrogen-bond donors (Lipinski definition) is 1. The van der Waals surface area contributed by atoms with Crippen LogP contribution in [0.4, 0.5) is 0 Å². The second kappa shape index (κ2) is 5.90. The van der Waals surface area contributed by atoms with E-state index in [1.54, 1.807) is 17.5 Å². The molecule has 0 bridgehead atoms. The predicted octanol–water partition coefficient (Wildman–Crippen LogP) is 1.74. The number of hydrogen-bond acceptors (Lipinski definition) is 5. The van der Waals surface area contributed by atoms with E-state index in [-0.39, 0.29) is 17.8 Å². The number of nitrogens with one attached hydrogen (secondary N) is 1. The highest BCUT2D eigenvalue weighted by Gasteiger charge is 2.29. The number of aromatic nitrogens is 2. The Morgan fingerprint density at radius 1 is 1.52 bits per heavy atom. The van der Waals surface area contributed by atoms with Crippen molar-refractivity contribution in [1.82, 2.24) is 14.9 Å². The van der Waals surface area contributed by atoms with E-state index in [9.17, 15) is 8.42 Å². The monoisotopic (exact) mass is 325 g/mol. The summed E-state index contributed by atoms with van der Waals surface area (Å²) in [5.41, 5.74) is 0. The Balaban J connectivity index is 1.85. The Hall–Kier alpha value is -1.18. The normalized spacial score (nSPS) is 23.0. The van der Waals surface area contributed by atoms with Crippen molar-refractivity contribution in [3.8, 4) is 0 Å². The highest BCUT2D eigenvalue weighted by molar-refractivity contribution is 7.91. The largest absolute Gasteiger partial charge is 0.336 e. The Morgan fingerprint density at radius 3 is 3.00 bits per heavy atom. The first-order chi connectivity index (χ1) is 10.1. The number of thiophene rings is 1. The molecule has 3 rings (SSSR count). The van der Waals surface area contributed by atoms with Gasteiger partial charge in [-0.2, -0.15) is 0 Å². The molecule has 0 aromatic carbocycles. The number of imidazole rings is 1. The molecule has 0 radical (unpaired) electrons. The van der Waals surface area contributed by atoms with Crippen molar-refractivity contribution in [3.05, 3.63) is 40.6 Å². The van der Waals surface area contributed by atoms with Gasteiger partial charge in [-0.05, 0) is 24.3 Å². The molecule has 0 spiro atoms. The molecule has 0 aliphatic carbocycles. The van der Waals surface area contributed by atoms with Gasteiger partial charge in [-0.3, -0.25) is 5.32 Å². The molecule has 7 heteroatoms. The summed E-state index contributed by atoms with van der Waals surface area (Å²) in [4.78, 5) is 5.59. The van der Waals surface area contributed by atoms with E-state index in [1.165, 1.54) is 0 Å². The second-order valence-corrected chi connectivity index (χ2v) is 8.67. The van der Waals surface area contributed by atoms with Gasteiger partial charge in [-0.15, -0.1) is 11.3 Å². The van der Waals surface area contributed by atoms with Gasteiger partial charge in [0.2, 0.25) is 0 Å². The Kier molecular flexibility index (Phi) is 4.14. The van der Waals surface area contributed by atoms with Gasteiger partial charge in [0.15, 0.2) is 9.84 Å². The van der Waals surface area contributed by atoms with E-state index < -0.39 is 9.84 Å². The maximum absolute atomic E-state index is 11.8. The Labute approximate surface area is 128 Å². The molecule has 3 heterocycles. The van der Waals surface area contributed by atoms with Crippen molar-refractivity contribution < 1.29 is 8.42 Å². The highest BCUT2D eigenvalue weighted by Crippen LogP contribution is 2.26. The van der Waals surface area contributed by atoms with E-state index in [0.717, 1.165) is 23.5 Å². The van der Waals surface area contributed by atoms with Crippen LogP contribution in [0, 0.1) is 0 Å². The van der Waals surface area contributed by atoms with Crippen LogP contribution in [0.2, 0.25) is 0 Å². The minimum atomic E-state index is -2.91. The molecule has 2 aromatic rings. The van der Waals surface area contributed by atoms with Gasteiger partial charge in [0.25, 0.3) is 0 Å². The summed E-state index contributed by atoms with van der Waals surface area (Å²) in [5.74, 6) is 1.46. The van der Waals surface area contributed by atoms with Crippen molar-refractivity contribution in [2.45, 2.75) is 24.9 Å². The van der Waals surface area contributed by atoms with Crippen LogP contribution in [0.5, 0.6) is 0 Å². The van der Waals surface area contributed by atoms with E-state index in [0.29, 0.717) is 5.75 Å². The molecule has 1 aliphatic rings. The average Bonchev–Trinajstić information content (AvgIpc) is 3.06. The third kappa shape index (κ3) is 3.36. The van der Waals surface area contributed by atoms with Gasteiger partial charge >= 0.3 is 0 Å². The molecule has 114 valence electrons. The van der Waals surface area contributed by atoms with Crippen molar-refractivity contribution in [2.75, 3.05) is 11.5 Å². The summed E-state index contributed by atoms with van der Waals surface area (Å²) >= 11 is 1.66. The van der Waals surface area contributed by atoms with Crippen LogP contribution in [0.1, 0.15) is 29.6 Å². The molecular weight excluding hydrogens is 306 g/mol. The first-order valence-electron chi connectivity index (χ1n) is 7.02. The molecule has 1 N–H and O–H groups in total. The van der Waals surface area contributed by atoms with E-state index >= 15 is 0 Å². The van der Waals surface area contributed by atoms with Gasteiger partial charge in [-0.1, -0.05) is 6.07 Å². The molecule has 1 fully saturated rings. The molecule has 5 nitrogen and oxygen atoms in total. The maximum atomic E-state index is 11.8. The van der Waals surface area contributed by atoms with E-state index in [2.05, 4.69) is 16.4 Å². The zero-order valence-electron chi connectivity index (χ0n) is 11.9. The molecule has 2 aromatic heterocycles. The lowest BCUT2D eigenvalue weighted by molar-refractivity contribution is 0.439. The van der Waals surface area contributed by atoms with Gasteiger partial charge < -0.3 is 4.57 Å². The zero-order valence-corrected chi connectivity index (χ0v) is 13.5. The van der Waals surface area contributed by atoms with Crippen molar-refractivity contribution in [2.24, 2.45) is 7.05 Å². The standard InChI is InChI=1S/C14H19N3O2S2/c1-17-7-6-15-14(17)13(12-5-2-8-20-12)16-11-4-3-9-21(18,19)10-11/h2,5-8,11,13,16H,3-4,9-10H2,1H3. The van der Waals surface area contributed by atoms with E-state index in [1.807, 2.05) is 29.3 Å². The van der Waals surface area contributed by atoms with Gasteiger partial charge in [0, 0.05) is 30.4 Å². The third-order valence-corrected chi connectivity index (χ3v) is 6.57. The van der Waals surface area contributed by atoms with Crippen molar-refractivity contribution in [1.29, 1.82) is 0 Å². The number of aryl methyl sites for hydroxylation is 1. The van der Waals surface area contributed by atoms with Gasteiger partial charge in [0.1, 0.15) is 11.9 Å². The first-order valence-corrected chi connectivity index (χ1v) is 9.72. The van der Waals surface area contributed by atoms with Crippen LogP contribution >= 0.6 is 11.3 Å². The van der Waals surface area contributed by atoms with Crippen LogP contribution < -0.4 is 5.32 Å². The summed E-state index contributed by atoms with van der Waals surface area (Å²) in [6, 6.07) is 4.01. The predicted molar refractivity (Wildman–Crippen MR) is 84.2 cm³/mol. The van der Waals surface area contributed by atoms with Crippen LogP contribution in [0.3, 0.4) is 0 Å². The summed E-state index contributed by atoms with van der Waals surface area (Å²) in [7, 11) is -0.951. The molecule has 2 atom stereocenters. The molecule has 1 aliphatic heterocycles. The average molecular weight is 325 g/mol. The summed E-state index contributed by atoms with van der Waals surface area (Å²) in [6.07, 6.45) is 5.31. The fourth-order valence-electron chi connectivity index (χ4n) is 2.78. The topological polar surface area (TPSA) is 64.0 Å². The van der Waals surface area contributed by atoms with Crippen molar-refractivity contribution in [3.63, 3.8) is 0 Å². The molecule has 21 heavy (non-hydrogen) atoms. The number of nitrogens with zero attached hydrogens (tertiary/aromatic N) is 2. The molecular formula is C14H19N3O2S2. The fraction of sp³-hybridized carbons (Fsp3) is 0.500. The Morgan fingerprint density at radius 2 is 2.38 bits per heavy atom. The lowest BCUT2D eigenvalue weighted by atomic mass is 10.1. The summed E-state index contributed by atoms with van der Waals surface area (Å²) in [5, 5.41) is 5.54. The van der Waals surface area contributed by atoms with Gasteiger partial charge in [0.05, 0.1) is 11.5 Å². The molecule has 2 unspecified atom stereocenters. The lowest BCUT2D eigenvalue weighted by Crippen LogP contribution is -2.42. The second-order valence-electron chi connectivity index (χ2n) is 5.46. The SMILES string of the molecule is Cn1ccnc1C(NC1CCCS(=O)(=O)C1)c1cccs1. The summed E-state index contributed by atoms with van der Waals surface area (Å²) < 4.78 is 25.6. The lowest BCUT2D eigenvalue weighted by Gasteiger charge is -2.27. The van der Waals surface area contributed by atoms with Crippen molar-refractivity contribution >= 4 is 21.2 Å². The first kappa shape index (κ1) is 14.7. The van der Waals surface area contributed by atoms with Crippen LogP contribution in [-0.2, 0) is 16.9 Å². The zero-order chi connectivity index (χ0) is 14.9. The maximum Gasteiger partial charge on any atom is 0.151 e.